The molecule has 0 unspecified atom stereocenters. The van der Waals surface area contributed by atoms with Crippen LogP contribution in [0.5, 0.6) is 0 Å². The molecule has 3 N–H and O–H groups in total. The fraction of sp³-hybridized carbons (Fsp3) is 0.130. The lowest BCUT2D eigenvalue weighted by Crippen LogP contribution is -1.99. The van der Waals surface area contributed by atoms with E-state index in [0.29, 0.717) is 0 Å². The van der Waals surface area contributed by atoms with Crippen LogP contribution >= 0.6 is 23.1 Å². The molecule has 146 valence electrons. The molecule has 2 aromatic heterocycles. The van der Waals surface area contributed by atoms with Gasteiger partial charge in [0.1, 0.15) is 0 Å². The number of benzene rings is 1. The number of anilines is 1. The summed E-state index contributed by atoms with van der Waals surface area (Å²) in [5.74, 6) is 0.855. The molecular weight excluding hydrogens is 396 g/mol. The van der Waals surface area contributed by atoms with E-state index in [0.717, 1.165) is 40.7 Å². The van der Waals surface area contributed by atoms with Crippen molar-refractivity contribution in [3.63, 3.8) is 0 Å². The fourth-order valence-electron chi connectivity index (χ4n) is 2.90. The number of thioether (sulfide) groups is 1. The van der Waals surface area contributed by atoms with Crippen molar-refractivity contribution < 1.29 is 0 Å². The van der Waals surface area contributed by atoms with Gasteiger partial charge in [0.15, 0.2) is 0 Å². The Morgan fingerprint density at radius 2 is 2.07 bits per heavy atom. The maximum absolute atomic E-state index is 6.11. The topological polar surface area (TPSA) is 63.3 Å². The molecule has 0 radical (unpaired) electrons. The van der Waals surface area contributed by atoms with Gasteiger partial charge in [-0.25, -0.2) is 0 Å². The third kappa shape index (κ3) is 5.37. The first-order valence-electron chi connectivity index (χ1n) is 9.41. The van der Waals surface area contributed by atoms with Gasteiger partial charge in [-0.05, 0) is 42.0 Å². The minimum absolute atomic E-state index is 0.788. The largest absolute Gasteiger partial charge is 0.398 e. The van der Waals surface area contributed by atoms with Crippen LogP contribution in [0.1, 0.15) is 16.9 Å². The molecule has 0 saturated carbocycles. The van der Waals surface area contributed by atoms with E-state index < -0.39 is 0 Å². The van der Waals surface area contributed by atoms with Crippen LogP contribution in [0.15, 0.2) is 88.7 Å². The smallest absolute Gasteiger partial charge is 0.0801 e. The van der Waals surface area contributed by atoms with Crippen molar-refractivity contribution in [3.8, 4) is 10.6 Å². The van der Waals surface area contributed by atoms with Crippen LogP contribution in [0, 0.1) is 0 Å². The monoisotopic (exact) mass is 418 g/mol. The van der Waals surface area contributed by atoms with Crippen molar-refractivity contribution in [2.45, 2.75) is 18.7 Å². The minimum atomic E-state index is 0.788. The Hall–Kier alpha value is -2.83. The molecule has 4 nitrogen and oxygen atoms in total. The molecule has 1 aromatic carbocycles. The average Bonchev–Trinajstić information content (AvgIpc) is 3.14. The predicted molar refractivity (Wildman–Crippen MR) is 126 cm³/mol. The number of aliphatic imine (C=N–C) groups is 1. The van der Waals surface area contributed by atoms with E-state index >= 15 is 0 Å². The summed E-state index contributed by atoms with van der Waals surface area (Å²) in [6.45, 7) is 0.795. The van der Waals surface area contributed by atoms with E-state index in [4.69, 9.17) is 5.73 Å². The van der Waals surface area contributed by atoms with Gasteiger partial charge in [-0.2, -0.15) is 0 Å². The highest BCUT2D eigenvalue weighted by molar-refractivity contribution is 8.02. The molecule has 0 atom stereocenters. The molecule has 0 saturated heterocycles. The second-order valence-corrected chi connectivity index (χ2v) is 8.73. The lowest BCUT2D eigenvalue weighted by molar-refractivity contribution is 1.19. The molecule has 4 rings (SSSR count). The summed E-state index contributed by atoms with van der Waals surface area (Å²) in [6, 6.07) is 18.8. The summed E-state index contributed by atoms with van der Waals surface area (Å²) in [6.07, 6.45) is 8.35. The molecule has 3 heterocycles. The van der Waals surface area contributed by atoms with E-state index in [2.05, 4.69) is 51.7 Å². The Balaban J connectivity index is 1.35. The molecule has 6 heteroatoms. The summed E-state index contributed by atoms with van der Waals surface area (Å²) in [4.78, 5) is 12.2. The van der Waals surface area contributed by atoms with Crippen LogP contribution in [0.25, 0.3) is 10.6 Å². The lowest BCUT2D eigenvalue weighted by Gasteiger charge is -2.09. The second kappa shape index (κ2) is 9.58. The van der Waals surface area contributed by atoms with Crippen LogP contribution in [0.4, 0.5) is 5.69 Å². The Morgan fingerprint density at radius 1 is 1.10 bits per heavy atom. The molecule has 0 aliphatic carbocycles. The molecule has 0 spiro atoms. The molecule has 1 aliphatic heterocycles. The van der Waals surface area contributed by atoms with Crippen LogP contribution in [0.2, 0.25) is 0 Å². The van der Waals surface area contributed by atoms with Gasteiger partial charge in [0.25, 0.3) is 0 Å². The average molecular weight is 419 g/mol. The third-order valence-corrected chi connectivity index (χ3v) is 6.63. The Kier molecular flexibility index (Phi) is 6.44. The zero-order valence-electron chi connectivity index (χ0n) is 15.9. The SMILES string of the molecule is NC1=CCC=NC=C1SCc1cccc(NCc2ccc(-c3ccccn3)s2)c1. The van der Waals surface area contributed by atoms with Gasteiger partial charge >= 0.3 is 0 Å². The van der Waals surface area contributed by atoms with Crippen molar-refractivity contribution in [3.05, 3.63) is 94.1 Å². The van der Waals surface area contributed by atoms with Gasteiger partial charge in [-0.1, -0.05) is 24.3 Å². The van der Waals surface area contributed by atoms with Crippen LogP contribution in [0.3, 0.4) is 0 Å². The molecule has 0 bridgehead atoms. The van der Waals surface area contributed by atoms with Gasteiger partial charge in [-0.15, -0.1) is 23.1 Å². The number of allylic oxidation sites excluding steroid dienone is 1. The predicted octanol–water partition coefficient (Wildman–Crippen LogP) is 5.81. The fourth-order valence-corrected chi connectivity index (χ4v) is 4.71. The van der Waals surface area contributed by atoms with Crippen LogP contribution in [-0.2, 0) is 12.3 Å². The van der Waals surface area contributed by atoms with Crippen molar-refractivity contribution in [1.29, 1.82) is 0 Å². The number of pyridine rings is 1. The van der Waals surface area contributed by atoms with Crippen molar-refractivity contribution in [1.82, 2.24) is 4.98 Å². The third-order valence-electron chi connectivity index (χ3n) is 4.39. The highest BCUT2D eigenvalue weighted by atomic mass is 32.2. The maximum atomic E-state index is 6.11. The number of rotatable bonds is 7. The zero-order valence-corrected chi connectivity index (χ0v) is 17.5. The highest BCUT2D eigenvalue weighted by Gasteiger charge is 2.06. The number of nitrogens with zero attached hydrogens (tertiary/aromatic N) is 2. The lowest BCUT2D eigenvalue weighted by atomic mass is 10.2. The van der Waals surface area contributed by atoms with Crippen molar-refractivity contribution in [2.24, 2.45) is 10.7 Å². The van der Waals surface area contributed by atoms with Gasteiger partial charge in [0.05, 0.1) is 10.6 Å². The standard InChI is InChI=1S/C23H22N4S2/c24-20-7-4-11-25-15-23(20)28-16-17-5-3-6-18(13-17)27-14-19-9-10-22(29-19)21-8-1-2-12-26-21/h1-3,5-13,15,27H,4,14,16,24H2. The molecular formula is C23H22N4S2. The van der Waals surface area contributed by atoms with E-state index in [9.17, 15) is 0 Å². The number of nitrogens with two attached hydrogens (primary N) is 1. The summed E-state index contributed by atoms with van der Waals surface area (Å²) in [5.41, 5.74) is 10.3. The van der Waals surface area contributed by atoms with Gasteiger partial charge in [0, 0.05) is 58.5 Å². The Bertz CT molecular complexity index is 1050. The van der Waals surface area contributed by atoms with Crippen LogP contribution < -0.4 is 11.1 Å². The molecule has 0 amide bonds. The normalized spacial score (nSPS) is 13.5. The minimum Gasteiger partial charge on any atom is -0.398 e. The van der Waals surface area contributed by atoms with E-state index in [1.165, 1.54) is 15.3 Å². The van der Waals surface area contributed by atoms with Gasteiger partial charge in [0.2, 0.25) is 0 Å². The first-order chi connectivity index (χ1) is 14.3. The first-order valence-corrected chi connectivity index (χ1v) is 11.2. The summed E-state index contributed by atoms with van der Waals surface area (Å²) in [7, 11) is 0. The summed E-state index contributed by atoms with van der Waals surface area (Å²) < 4.78 is 0. The second-order valence-electron chi connectivity index (χ2n) is 6.54. The quantitative estimate of drug-likeness (QED) is 0.508. The number of thiophene rings is 1. The van der Waals surface area contributed by atoms with Crippen LogP contribution in [-0.4, -0.2) is 11.2 Å². The number of hydrogen-bond donors (Lipinski definition) is 2. The summed E-state index contributed by atoms with van der Waals surface area (Å²) in [5, 5.41) is 3.53. The summed E-state index contributed by atoms with van der Waals surface area (Å²) >= 11 is 3.49. The zero-order chi connectivity index (χ0) is 19.9. The first kappa shape index (κ1) is 19.5. The molecule has 0 fully saturated rings. The Labute approximate surface area is 179 Å². The van der Waals surface area contributed by atoms with Gasteiger partial charge in [-0.3, -0.25) is 9.98 Å². The van der Waals surface area contributed by atoms with Crippen molar-refractivity contribution >= 4 is 35.0 Å². The van der Waals surface area contributed by atoms with Gasteiger partial charge < -0.3 is 11.1 Å². The number of aromatic nitrogens is 1. The highest BCUT2D eigenvalue weighted by Crippen LogP contribution is 2.29. The van der Waals surface area contributed by atoms with E-state index in [1.54, 1.807) is 23.1 Å². The Morgan fingerprint density at radius 3 is 2.97 bits per heavy atom. The number of hydrogen-bond acceptors (Lipinski definition) is 6. The molecule has 1 aliphatic rings. The van der Waals surface area contributed by atoms with Crippen molar-refractivity contribution in [2.75, 3.05) is 5.32 Å². The molecule has 29 heavy (non-hydrogen) atoms. The molecule has 3 aromatic rings. The van der Waals surface area contributed by atoms with E-state index in [1.807, 2.05) is 42.9 Å². The number of nitrogens with one attached hydrogen (secondary N) is 1. The van der Waals surface area contributed by atoms with E-state index in [-0.39, 0.29) is 0 Å². The maximum Gasteiger partial charge on any atom is 0.0801 e.